The first-order chi connectivity index (χ1) is 5.37. The predicted octanol–water partition coefficient (Wildman–Crippen LogP) is -2.01. The number of nitrogens with zero attached hydrogens (tertiary/aromatic N) is 1. The zero-order valence-corrected chi connectivity index (χ0v) is 7.49. The lowest BCUT2D eigenvalue weighted by Gasteiger charge is -2.28. The second kappa shape index (κ2) is 4.06. The van der Waals surface area contributed by atoms with Crippen molar-refractivity contribution in [2.75, 3.05) is 34.3 Å². The van der Waals surface area contributed by atoms with E-state index in [1.165, 1.54) is 7.11 Å². The molecule has 0 atom stereocenters. The topological polar surface area (TPSA) is 66.4 Å². The molecule has 70 valence electrons. The molecule has 0 heterocycles. The minimum absolute atomic E-state index is 0.0322. The lowest BCUT2D eigenvalue weighted by atomic mass is 10.4. The Labute approximate surface area is 71.1 Å². The van der Waals surface area contributed by atoms with E-state index in [9.17, 15) is 14.7 Å². The second-order valence-corrected chi connectivity index (χ2v) is 3.20. The summed E-state index contributed by atoms with van der Waals surface area (Å²) < 4.78 is 4.44. The lowest BCUT2D eigenvalue weighted by Crippen LogP contribution is -2.51. The van der Waals surface area contributed by atoms with Gasteiger partial charge in [-0.3, -0.25) is 0 Å². The van der Waals surface area contributed by atoms with Crippen LogP contribution in [0.1, 0.15) is 0 Å². The van der Waals surface area contributed by atoms with Gasteiger partial charge in [-0.05, 0) is 0 Å². The maximum absolute atomic E-state index is 10.8. The van der Waals surface area contributed by atoms with E-state index >= 15 is 0 Å². The highest BCUT2D eigenvalue weighted by molar-refractivity contribution is 5.71. The van der Waals surface area contributed by atoms with Gasteiger partial charge >= 0.3 is 5.97 Å². The van der Waals surface area contributed by atoms with Crippen LogP contribution in [0.5, 0.6) is 0 Å². The molecule has 0 N–H and O–H groups in total. The zero-order valence-electron chi connectivity index (χ0n) is 7.49. The summed E-state index contributed by atoms with van der Waals surface area (Å²) in [7, 11) is 4.50. The quantitative estimate of drug-likeness (QED) is 0.365. The molecule has 0 saturated heterocycles. The highest BCUT2D eigenvalue weighted by Crippen LogP contribution is 1.95. The summed E-state index contributed by atoms with van der Waals surface area (Å²) >= 11 is 0. The summed E-state index contributed by atoms with van der Waals surface area (Å²) in [6.45, 7) is -0.167. The molecule has 0 saturated carbocycles. The first kappa shape index (κ1) is 10.9. The van der Waals surface area contributed by atoms with Gasteiger partial charge in [-0.15, -0.1) is 0 Å². The van der Waals surface area contributed by atoms with Crippen LogP contribution in [0.4, 0.5) is 0 Å². The van der Waals surface area contributed by atoms with Crippen molar-refractivity contribution >= 4 is 11.9 Å². The van der Waals surface area contributed by atoms with Crippen molar-refractivity contribution < 1.29 is 23.9 Å². The van der Waals surface area contributed by atoms with Crippen LogP contribution in [0.15, 0.2) is 0 Å². The fraction of sp³-hybridized carbons (Fsp3) is 0.714. The smallest absolute Gasteiger partial charge is 0.361 e. The molecule has 5 heteroatoms. The highest BCUT2D eigenvalue weighted by Gasteiger charge is 2.20. The molecule has 0 aliphatic rings. The average Bonchev–Trinajstić information content (AvgIpc) is 1.83. The Morgan fingerprint density at radius 3 is 2.17 bits per heavy atom. The third-order valence-corrected chi connectivity index (χ3v) is 1.34. The number of esters is 1. The molecule has 12 heavy (non-hydrogen) atoms. The Kier molecular flexibility index (Phi) is 3.69. The summed E-state index contributed by atoms with van der Waals surface area (Å²) in [5.74, 6) is -1.61. The number of rotatable bonds is 4. The number of methoxy groups -OCH3 is 1. The first-order valence-electron chi connectivity index (χ1n) is 3.46. The Morgan fingerprint density at radius 1 is 1.33 bits per heavy atom. The van der Waals surface area contributed by atoms with Crippen molar-refractivity contribution in [1.82, 2.24) is 0 Å². The van der Waals surface area contributed by atoms with E-state index in [0.29, 0.717) is 0 Å². The number of carbonyl (C=O) groups is 2. The SMILES string of the molecule is COC(=O)C[N+](C)(C)CC(=O)[O-]. The third-order valence-electron chi connectivity index (χ3n) is 1.34. The fourth-order valence-corrected chi connectivity index (χ4v) is 0.819. The summed E-state index contributed by atoms with van der Waals surface area (Å²) in [6, 6.07) is 0. The van der Waals surface area contributed by atoms with E-state index in [4.69, 9.17) is 0 Å². The van der Waals surface area contributed by atoms with Crippen LogP contribution in [0, 0.1) is 0 Å². The fourth-order valence-electron chi connectivity index (χ4n) is 0.819. The minimum Gasteiger partial charge on any atom is -0.544 e. The first-order valence-corrected chi connectivity index (χ1v) is 3.46. The standard InChI is InChI=1S/C7H13NO4/c1-8(2,4-6(9)10)5-7(11)12-3/h4-5H2,1-3H3. The van der Waals surface area contributed by atoms with Crippen LogP contribution in [0.2, 0.25) is 0 Å². The Morgan fingerprint density at radius 2 is 1.83 bits per heavy atom. The molecule has 0 aromatic carbocycles. The van der Waals surface area contributed by atoms with Crippen LogP contribution >= 0.6 is 0 Å². The second-order valence-electron chi connectivity index (χ2n) is 3.20. The van der Waals surface area contributed by atoms with Gasteiger partial charge in [0.15, 0.2) is 6.54 Å². The van der Waals surface area contributed by atoms with E-state index in [1.807, 2.05) is 0 Å². The van der Waals surface area contributed by atoms with Crippen molar-refractivity contribution in [2.45, 2.75) is 0 Å². The number of ether oxygens (including phenoxy) is 1. The molecular formula is C7H13NO4. The Hall–Kier alpha value is -1.10. The van der Waals surface area contributed by atoms with Gasteiger partial charge in [0, 0.05) is 0 Å². The van der Waals surface area contributed by atoms with Crippen molar-refractivity contribution in [3.8, 4) is 0 Å². The molecule has 0 spiro atoms. The largest absolute Gasteiger partial charge is 0.544 e. The zero-order chi connectivity index (χ0) is 9.78. The number of likely N-dealkylation sites (N-methyl/N-ethyl adjacent to an activating group) is 1. The normalized spacial score (nSPS) is 10.9. The van der Waals surface area contributed by atoms with Crippen molar-refractivity contribution in [2.24, 2.45) is 0 Å². The van der Waals surface area contributed by atoms with Gasteiger partial charge in [0.25, 0.3) is 0 Å². The number of carbonyl (C=O) groups excluding carboxylic acids is 2. The maximum Gasteiger partial charge on any atom is 0.361 e. The average molecular weight is 175 g/mol. The molecule has 0 aromatic rings. The van der Waals surface area contributed by atoms with Crippen LogP contribution < -0.4 is 5.11 Å². The summed E-state index contributed by atoms with van der Waals surface area (Å²) in [4.78, 5) is 21.0. The Balaban J connectivity index is 4.03. The molecule has 5 nitrogen and oxygen atoms in total. The van der Waals surface area contributed by atoms with Gasteiger partial charge < -0.3 is 19.1 Å². The molecule has 0 aliphatic carbocycles. The van der Waals surface area contributed by atoms with Crippen molar-refractivity contribution in [3.05, 3.63) is 0 Å². The molecule has 0 unspecified atom stereocenters. The Bertz CT molecular complexity index is 188. The molecule has 0 aliphatic heterocycles. The number of hydrogen-bond acceptors (Lipinski definition) is 4. The van der Waals surface area contributed by atoms with Crippen LogP contribution in [0.25, 0.3) is 0 Å². The number of quaternary nitrogens is 1. The summed E-state index contributed by atoms with van der Waals surface area (Å²) in [5, 5.41) is 10.2. The van der Waals surface area contributed by atoms with E-state index in [-0.39, 0.29) is 17.6 Å². The number of carboxylic acids is 1. The summed E-state index contributed by atoms with van der Waals surface area (Å²) in [5.41, 5.74) is 0. The molecule has 0 amide bonds. The molecule has 0 aromatic heterocycles. The van der Waals surface area contributed by atoms with E-state index in [2.05, 4.69) is 4.74 Å². The maximum atomic E-state index is 10.8. The highest BCUT2D eigenvalue weighted by atomic mass is 16.5. The van der Waals surface area contributed by atoms with Crippen molar-refractivity contribution in [3.63, 3.8) is 0 Å². The molecule has 0 radical (unpaired) electrons. The third kappa shape index (κ3) is 4.68. The molecule has 0 bridgehead atoms. The predicted molar refractivity (Wildman–Crippen MR) is 38.9 cm³/mol. The number of hydrogen-bond donors (Lipinski definition) is 0. The van der Waals surface area contributed by atoms with E-state index < -0.39 is 11.9 Å². The van der Waals surface area contributed by atoms with Crippen LogP contribution in [-0.2, 0) is 14.3 Å². The van der Waals surface area contributed by atoms with Gasteiger partial charge in [0.2, 0.25) is 0 Å². The number of carboxylic acid groups (broad SMARTS) is 1. The van der Waals surface area contributed by atoms with Gasteiger partial charge in [-0.1, -0.05) is 0 Å². The van der Waals surface area contributed by atoms with E-state index in [0.717, 1.165) is 0 Å². The van der Waals surface area contributed by atoms with Gasteiger partial charge in [-0.2, -0.15) is 0 Å². The molecular weight excluding hydrogens is 162 g/mol. The van der Waals surface area contributed by atoms with Crippen molar-refractivity contribution in [1.29, 1.82) is 0 Å². The molecule has 0 rings (SSSR count). The van der Waals surface area contributed by atoms with Gasteiger partial charge in [-0.25, -0.2) is 4.79 Å². The van der Waals surface area contributed by atoms with Crippen LogP contribution in [0.3, 0.4) is 0 Å². The van der Waals surface area contributed by atoms with Gasteiger partial charge in [0.1, 0.15) is 6.54 Å². The van der Waals surface area contributed by atoms with E-state index in [1.54, 1.807) is 14.1 Å². The molecule has 0 fully saturated rings. The lowest BCUT2D eigenvalue weighted by molar-refractivity contribution is -0.877. The monoisotopic (exact) mass is 175 g/mol. The number of aliphatic carboxylic acids is 1. The minimum atomic E-state index is -1.18. The van der Waals surface area contributed by atoms with Crippen LogP contribution in [-0.4, -0.2) is 50.7 Å². The summed E-state index contributed by atoms with van der Waals surface area (Å²) in [6.07, 6.45) is 0. The van der Waals surface area contributed by atoms with Gasteiger partial charge in [0.05, 0.1) is 27.2 Å².